The van der Waals surface area contributed by atoms with E-state index in [2.05, 4.69) is 27.8 Å². The van der Waals surface area contributed by atoms with Crippen molar-refractivity contribution in [2.75, 3.05) is 53.0 Å². The summed E-state index contributed by atoms with van der Waals surface area (Å²) in [5.41, 5.74) is 1.45. The van der Waals surface area contributed by atoms with Gasteiger partial charge in [-0.15, -0.1) is 0 Å². The lowest BCUT2D eigenvalue weighted by Gasteiger charge is -2.51. The summed E-state index contributed by atoms with van der Waals surface area (Å²) in [5, 5.41) is 1.04. The number of aryl methyl sites for hydroxylation is 1. The largest absolute Gasteiger partial charge is 0.379 e. The fraction of sp³-hybridized carbons (Fsp3) is 0.667. The van der Waals surface area contributed by atoms with Crippen LogP contribution in [-0.4, -0.2) is 83.7 Å². The number of carbonyl (C=O) groups is 1. The van der Waals surface area contributed by atoms with Crippen LogP contribution < -0.4 is 5.56 Å². The molecule has 0 spiro atoms. The number of likely N-dealkylation sites (N-methyl/N-ethyl adjacent to an activating group) is 1. The second-order valence-electron chi connectivity index (χ2n) is 12.2. The Morgan fingerprint density at radius 3 is 2.62 bits per heavy atom. The number of fused-ring (bicyclic) bond motifs is 3. The van der Waals surface area contributed by atoms with Gasteiger partial charge in [0.2, 0.25) is 5.91 Å². The van der Waals surface area contributed by atoms with Crippen LogP contribution >= 0.6 is 0 Å². The van der Waals surface area contributed by atoms with Crippen LogP contribution in [0, 0.1) is 17.8 Å². The van der Waals surface area contributed by atoms with Crippen molar-refractivity contribution in [1.29, 1.82) is 0 Å². The number of amides is 1. The smallest absolute Gasteiger partial charge is 0.255 e. The Labute approximate surface area is 220 Å². The number of nitrogens with zero attached hydrogens (tertiary/aromatic N) is 4. The van der Waals surface area contributed by atoms with E-state index >= 15 is 0 Å². The zero-order chi connectivity index (χ0) is 25.6. The maximum Gasteiger partial charge on any atom is 0.255 e. The van der Waals surface area contributed by atoms with Crippen LogP contribution in [0.2, 0.25) is 0 Å². The fourth-order valence-electron chi connectivity index (χ4n) is 7.75. The molecule has 4 unspecified atom stereocenters. The molecular weight excluding hydrogens is 464 g/mol. The molecule has 2 aromatic rings. The van der Waals surface area contributed by atoms with Crippen molar-refractivity contribution in [2.24, 2.45) is 24.8 Å². The van der Waals surface area contributed by atoms with E-state index in [0.29, 0.717) is 37.1 Å². The number of carbonyl (C=O) groups excluding carboxylic acids is 1. The monoisotopic (exact) mass is 506 g/mol. The molecule has 1 amide bonds. The van der Waals surface area contributed by atoms with E-state index in [0.717, 1.165) is 63.0 Å². The summed E-state index contributed by atoms with van der Waals surface area (Å²) >= 11 is 0. The number of para-hydroxylation sites is 1. The van der Waals surface area contributed by atoms with E-state index in [1.54, 1.807) is 4.57 Å². The number of benzene rings is 1. The lowest BCUT2D eigenvalue weighted by atomic mass is 9.85. The number of pyridine rings is 1. The van der Waals surface area contributed by atoms with Crippen LogP contribution in [-0.2, 0) is 23.1 Å². The first-order valence-electron chi connectivity index (χ1n) is 14.3. The third kappa shape index (κ3) is 4.75. The van der Waals surface area contributed by atoms with Gasteiger partial charge in [-0.1, -0.05) is 24.6 Å². The highest BCUT2D eigenvalue weighted by Gasteiger charge is 2.47. The highest BCUT2D eigenvalue weighted by molar-refractivity contribution is 5.81. The van der Waals surface area contributed by atoms with Crippen LogP contribution in [0.15, 0.2) is 35.1 Å². The van der Waals surface area contributed by atoms with Crippen molar-refractivity contribution in [3.63, 3.8) is 0 Å². The lowest BCUT2D eigenvalue weighted by Crippen LogP contribution is -2.64. The Hall–Kier alpha value is -2.22. The van der Waals surface area contributed by atoms with E-state index in [1.165, 1.54) is 19.3 Å². The first-order valence-corrected chi connectivity index (χ1v) is 14.3. The summed E-state index contributed by atoms with van der Waals surface area (Å²) in [5.74, 6) is 1.60. The van der Waals surface area contributed by atoms with Gasteiger partial charge in [0, 0.05) is 57.9 Å². The third-order valence-electron chi connectivity index (χ3n) is 9.90. The van der Waals surface area contributed by atoms with Crippen molar-refractivity contribution in [2.45, 2.75) is 50.6 Å². The van der Waals surface area contributed by atoms with Gasteiger partial charge in [-0.05, 0) is 68.5 Å². The first kappa shape index (κ1) is 25.1. The summed E-state index contributed by atoms with van der Waals surface area (Å²) in [6, 6.07) is 10.0. The molecule has 4 aliphatic rings. The summed E-state index contributed by atoms with van der Waals surface area (Å²) in [6.45, 7) is 6.52. The van der Waals surface area contributed by atoms with E-state index in [9.17, 15) is 9.59 Å². The summed E-state index contributed by atoms with van der Waals surface area (Å²) in [6.07, 6.45) is 6.73. The second kappa shape index (κ2) is 10.2. The summed E-state index contributed by atoms with van der Waals surface area (Å²) in [7, 11) is 4.03. The number of hydrogen-bond donors (Lipinski definition) is 0. The van der Waals surface area contributed by atoms with Crippen LogP contribution in [0.3, 0.4) is 0 Å². The van der Waals surface area contributed by atoms with Crippen molar-refractivity contribution in [3.05, 3.63) is 46.2 Å². The van der Waals surface area contributed by atoms with Crippen LogP contribution in [0.5, 0.6) is 0 Å². The van der Waals surface area contributed by atoms with Crippen molar-refractivity contribution >= 4 is 16.8 Å². The molecule has 7 heteroatoms. The third-order valence-corrected chi connectivity index (χ3v) is 9.90. The minimum absolute atomic E-state index is 0.00187. The number of piperazine rings is 1. The topological polar surface area (TPSA) is 58.0 Å². The highest BCUT2D eigenvalue weighted by Crippen LogP contribution is 2.49. The molecule has 3 heterocycles. The van der Waals surface area contributed by atoms with Gasteiger partial charge < -0.3 is 19.1 Å². The van der Waals surface area contributed by atoms with Crippen LogP contribution in [0.1, 0.15) is 44.1 Å². The van der Waals surface area contributed by atoms with Crippen molar-refractivity contribution in [1.82, 2.24) is 19.3 Å². The quantitative estimate of drug-likeness (QED) is 0.603. The SMILES string of the molecule is CN1CCN(C2(CN(Cc3cc4ccccc4n(C)c3=O)C(=O)C3CC4CCC3C4)CCCOC2)CC1. The average molecular weight is 507 g/mol. The van der Waals surface area contributed by atoms with Crippen molar-refractivity contribution < 1.29 is 9.53 Å². The zero-order valence-electron chi connectivity index (χ0n) is 22.5. The Kier molecular flexibility index (Phi) is 6.88. The van der Waals surface area contributed by atoms with Gasteiger partial charge in [0.1, 0.15) is 0 Å². The van der Waals surface area contributed by atoms with Gasteiger partial charge >= 0.3 is 0 Å². The van der Waals surface area contributed by atoms with Gasteiger partial charge in [-0.3, -0.25) is 14.5 Å². The van der Waals surface area contributed by atoms with E-state index < -0.39 is 0 Å². The average Bonchev–Trinajstić information content (AvgIpc) is 3.56. The molecule has 1 aromatic heterocycles. The highest BCUT2D eigenvalue weighted by atomic mass is 16.5. The Morgan fingerprint density at radius 1 is 1.11 bits per heavy atom. The molecule has 1 aromatic carbocycles. The molecule has 0 radical (unpaired) electrons. The molecule has 7 nitrogen and oxygen atoms in total. The zero-order valence-corrected chi connectivity index (χ0v) is 22.5. The molecule has 2 aliphatic heterocycles. The number of ether oxygens (including phenoxy) is 1. The van der Waals surface area contributed by atoms with Gasteiger partial charge in [0.05, 0.1) is 24.2 Å². The Bertz CT molecular complexity index is 1200. The molecule has 2 aliphatic carbocycles. The minimum Gasteiger partial charge on any atom is -0.379 e. The number of rotatable bonds is 6. The first-order chi connectivity index (χ1) is 17.9. The normalized spacial score (nSPS) is 30.7. The number of aromatic nitrogens is 1. The van der Waals surface area contributed by atoms with Gasteiger partial charge in [0.15, 0.2) is 0 Å². The van der Waals surface area contributed by atoms with E-state index in [4.69, 9.17) is 4.74 Å². The van der Waals surface area contributed by atoms with E-state index in [1.807, 2.05) is 31.3 Å². The lowest BCUT2D eigenvalue weighted by molar-refractivity contribution is -0.144. The van der Waals surface area contributed by atoms with Gasteiger partial charge in [-0.25, -0.2) is 0 Å². The fourth-order valence-corrected chi connectivity index (χ4v) is 7.75. The molecule has 4 fully saturated rings. The predicted molar refractivity (Wildman–Crippen MR) is 145 cm³/mol. The maximum absolute atomic E-state index is 14.3. The van der Waals surface area contributed by atoms with Gasteiger partial charge in [-0.2, -0.15) is 0 Å². The second-order valence-corrected chi connectivity index (χ2v) is 12.2. The van der Waals surface area contributed by atoms with Gasteiger partial charge in [0.25, 0.3) is 5.56 Å². The summed E-state index contributed by atoms with van der Waals surface area (Å²) < 4.78 is 7.85. The predicted octanol–water partition coefficient (Wildman–Crippen LogP) is 3.10. The molecule has 37 heavy (non-hydrogen) atoms. The van der Waals surface area contributed by atoms with Crippen LogP contribution in [0.25, 0.3) is 10.9 Å². The van der Waals surface area contributed by atoms with Crippen LogP contribution in [0.4, 0.5) is 0 Å². The molecule has 2 saturated carbocycles. The minimum atomic E-state index is -0.186. The molecule has 4 atom stereocenters. The maximum atomic E-state index is 14.3. The molecule has 2 bridgehead atoms. The molecule has 200 valence electrons. The van der Waals surface area contributed by atoms with E-state index in [-0.39, 0.29) is 22.9 Å². The van der Waals surface area contributed by atoms with Crippen molar-refractivity contribution in [3.8, 4) is 0 Å². The standard InChI is InChI=1S/C30H42N4O3/c1-31-11-13-34(14-12-31)30(10-5-15-37-21-30)20-33(29(36)26-17-22-8-9-23(26)16-22)19-25-18-24-6-3-4-7-27(24)32(2)28(25)35/h3-4,6-7,18,22-23,26H,5,8-17,19-21H2,1-2H3. The molecule has 0 N–H and O–H groups in total. The Morgan fingerprint density at radius 2 is 1.92 bits per heavy atom. The Balaban J connectivity index is 1.35. The molecular formula is C30H42N4O3. The number of hydrogen-bond acceptors (Lipinski definition) is 5. The molecule has 2 saturated heterocycles. The summed E-state index contributed by atoms with van der Waals surface area (Å²) in [4.78, 5) is 34.8. The molecule has 6 rings (SSSR count).